The molecular weight excluding hydrogens is 238 g/mol. The molecule has 0 amide bonds. The Hall–Kier alpha value is -0.460. The Kier molecular flexibility index (Phi) is 4.94. The second kappa shape index (κ2) is 6.47. The molecule has 1 aliphatic carbocycles. The molecule has 17 heavy (non-hydrogen) atoms. The summed E-state index contributed by atoms with van der Waals surface area (Å²) in [5.74, 6) is 0. The molecule has 1 fully saturated rings. The normalized spacial score (nSPS) is 28.0. The summed E-state index contributed by atoms with van der Waals surface area (Å²) in [5, 5.41) is 2.05. The minimum Gasteiger partial charge on any atom is -0.382 e. The molecule has 5 heteroatoms. The van der Waals surface area contributed by atoms with Crippen LogP contribution in [0.4, 0.5) is 0 Å². The summed E-state index contributed by atoms with van der Waals surface area (Å²) in [6.07, 6.45) is 1.03. The van der Waals surface area contributed by atoms with Gasteiger partial charge in [0.1, 0.15) is 0 Å². The lowest BCUT2D eigenvalue weighted by atomic mass is 9.86. The molecule has 0 radical (unpaired) electrons. The Labute approximate surface area is 106 Å². The first-order valence-electron chi connectivity index (χ1n) is 5.81. The van der Waals surface area contributed by atoms with Crippen LogP contribution in [0.1, 0.15) is 11.3 Å². The number of thiophene rings is 1. The second-order valence-electron chi connectivity index (χ2n) is 4.16. The van der Waals surface area contributed by atoms with Crippen molar-refractivity contribution in [1.82, 2.24) is 0 Å². The van der Waals surface area contributed by atoms with Gasteiger partial charge >= 0.3 is 0 Å². The molecule has 2 rings (SSSR count). The van der Waals surface area contributed by atoms with Gasteiger partial charge in [0.2, 0.25) is 0 Å². The van der Waals surface area contributed by atoms with Crippen LogP contribution in [0.15, 0.2) is 17.5 Å². The first-order chi connectivity index (χ1) is 8.31. The molecule has 1 aromatic heterocycles. The lowest BCUT2D eigenvalue weighted by Gasteiger charge is -2.41. The Bertz CT molecular complexity index is 318. The zero-order valence-corrected chi connectivity index (χ0v) is 10.8. The van der Waals surface area contributed by atoms with Crippen LogP contribution in [0.25, 0.3) is 0 Å². The fraction of sp³-hybridized carbons (Fsp3) is 0.667. The molecule has 0 aromatic carbocycles. The van der Waals surface area contributed by atoms with E-state index >= 15 is 0 Å². The summed E-state index contributed by atoms with van der Waals surface area (Å²) in [5.41, 5.74) is 5.90. The van der Waals surface area contributed by atoms with Crippen LogP contribution < -0.4 is 5.73 Å². The van der Waals surface area contributed by atoms with E-state index in [9.17, 15) is 0 Å². The number of nitrogens with two attached hydrogens (primary N) is 1. The fourth-order valence-electron chi connectivity index (χ4n) is 1.86. The van der Waals surface area contributed by atoms with E-state index in [2.05, 4.69) is 11.4 Å². The molecule has 96 valence electrons. The molecule has 1 aliphatic rings. The zero-order chi connectivity index (χ0) is 12.1. The average Bonchev–Trinajstić information content (AvgIpc) is 2.83. The summed E-state index contributed by atoms with van der Waals surface area (Å²) in [7, 11) is 1.66. The van der Waals surface area contributed by atoms with Crippen LogP contribution in [0.2, 0.25) is 0 Å². The first kappa shape index (κ1) is 13.0. The van der Waals surface area contributed by atoms with Gasteiger partial charge in [-0.25, -0.2) is 0 Å². The number of methoxy groups -OCH3 is 1. The molecule has 0 bridgehead atoms. The number of hydrogen-bond acceptors (Lipinski definition) is 5. The maximum Gasteiger partial charge on any atom is 0.0989 e. The van der Waals surface area contributed by atoms with Crippen molar-refractivity contribution >= 4 is 11.3 Å². The first-order valence-corrected chi connectivity index (χ1v) is 6.69. The zero-order valence-electron chi connectivity index (χ0n) is 10.0. The van der Waals surface area contributed by atoms with Crippen molar-refractivity contribution in [3.63, 3.8) is 0 Å². The minimum atomic E-state index is 0.0186. The van der Waals surface area contributed by atoms with Crippen molar-refractivity contribution < 1.29 is 14.2 Å². The maximum atomic E-state index is 5.90. The van der Waals surface area contributed by atoms with Gasteiger partial charge in [-0.2, -0.15) is 0 Å². The SMILES string of the molecule is COCCOC1C(N)CC1OCc1cccs1. The number of ether oxygens (including phenoxy) is 3. The van der Waals surface area contributed by atoms with Crippen molar-refractivity contribution in [3.8, 4) is 0 Å². The van der Waals surface area contributed by atoms with Gasteiger partial charge in [0, 0.05) is 18.0 Å². The van der Waals surface area contributed by atoms with E-state index in [1.54, 1.807) is 18.4 Å². The van der Waals surface area contributed by atoms with Gasteiger partial charge in [-0.3, -0.25) is 0 Å². The highest BCUT2D eigenvalue weighted by molar-refractivity contribution is 7.09. The van der Waals surface area contributed by atoms with E-state index < -0.39 is 0 Å². The molecule has 0 spiro atoms. The van der Waals surface area contributed by atoms with Crippen molar-refractivity contribution in [2.75, 3.05) is 20.3 Å². The lowest BCUT2D eigenvalue weighted by Crippen LogP contribution is -2.58. The van der Waals surface area contributed by atoms with Gasteiger partial charge in [0.15, 0.2) is 0 Å². The number of hydrogen-bond donors (Lipinski definition) is 1. The van der Waals surface area contributed by atoms with Gasteiger partial charge in [-0.15, -0.1) is 11.3 Å². The highest BCUT2D eigenvalue weighted by Gasteiger charge is 2.40. The third kappa shape index (κ3) is 3.50. The fourth-order valence-corrected chi connectivity index (χ4v) is 2.49. The van der Waals surface area contributed by atoms with Gasteiger partial charge in [-0.05, 0) is 17.9 Å². The largest absolute Gasteiger partial charge is 0.382 e. The summed E-state index contributed by atoms with van der Waals surface area (Å²) in [4.78, 5) is 1.24. The van der Waals surface area contributed by atoms with E-state index in [0.29, 0.717) is 19.8 Å². The van der Waals surface area contributed by atoms with Crippen molar-refractivity contribution in [3.05, 3.63) is 22.4 Å². The smallest absolute Gasteiger partial charge is 0.0989 e. The van der Waals surface area contributed by atoms with Gasteiger partial charge < -0.3 is 19.9 Å². The Balaban J connectivity index is 1.69. The molecule has 1 heterocycles. The van der Waals surface area contributed by atoms with Crippen LogP contribution >= 0.6 is 11.3 Å². The van der Waals surface area contributed by atoms with E-state index in [4.69, 9.17) is 19.9 Å². The molecule has 3 atom stereocenters. The summed E-state index contributed by atoms with van der Waals surface area (Å²) < 4.78 is 16.4. The molecule has 1 aromatic rings. The lowest BCUT2D eigenvalue weighted by molar-refractivity contribution is -0.149. The van der Waals surface area contributed by atoms with E-state index in [1.807, 2.05) is 6.07 Å². The van der Waals surface area contributed by atoms with E-state index in [-0.39, 0.29) is 18.2 Å². The van der Waals surface area contributed by atoms with Gasteiger partial charge in [0.05, 0.1) is 32.0 Å². The van der Waals surface area contributed by atoms with Crippen LogP contribution in [0, 0.1) is 0 Å². The summed E-state index contributed by atoms with van der Waals surface area (Å²) in [6, 6.07) is 4.20. The monoisotopic (exact) mass is 257 g/mol. The summed E-state index contributed by atoms with van der Waals surface area (Å²) >= 11 is 1.71. The minimum absolute atomic E-state index is 0.0186. The maximum absolute atomic E-state index is 5.90. The quantitative estimate of drug-likeness (QED) is 0.750. The summed E-state index contributed by atoms with van der Waals surface area (Å²) in [6.45, 7) is 1.83. The Morgan fingerprint density at radius 1 is 1.41 bits per heavy atom. The molecule has 1 saturated carbocycles. The number of rotatable bonds is 7. The second-order valence-corrected chi connectivity index (χ2v) is 5.19. The van der Waals surface area contributed by atoms with Crippen LogP contribution in [0.3, 0.4) is 0 Å². The highest BCUT2D eigenvalue weighted by atomic mass is 32.1. The topological polar surface area (TPSA) is 53.7 Å². The molecule has 0 aliphatic heterocycles. The van der Waals surface area contributed by atoms with Crippen molar-refractivity contribution in [2.24, 2.45) is 5.73 Å². The third-order valence-corrected chi connectivity index (χ3v) is 3.76. The molecule has 0 saturated heterocycles. The highest BCUT2D eigenvalue weighted by Crippen LogP contribution is 2.27. The third-order valence-electron chi connectivity index (χ3n) is 2.91. The van der Waals surface area contributed by atoms with Crippen molar-refractivity contribution in [1.29, 1.82) is 0 Å². The van der Waals surface area contributed by atoms with Crippen LogP contribution in [-0.4, -0.2) is 38.6 Å². The van der Waals surface area contributed by atoms with Crippen LogP contribution in [-0.2, 0) is 20.8 Å². The standard InChI is InChI=1S/C12H19NO3S/c1-14-4-5-15-12-10(13)7-11(12)16-8-9-3-2-6-17-9/h2-3,6,10-12H,4-5,7-8,13H2,1H3. The van der Waals surface area contributed by atoms with E-state index in [1.165, 1.54) is 4.88 Å². The predicted octanol–water partition coefficient (Wildman–Crippen LogP) is 1.40. The van der Waals surface area contributed by atoms with Crippen molar-refractivity contribution in [2.45, 2.75) is 31.3 Å². The van der Waals surface area contributed by atoms with E-state index in [0.717, 1.165) is 6.42 Å². The Morgan fingerprint density at radius 3 is 2.94 bits per heavy atom. The molecule has 2 N–H and O–H groups in total. The van der Waals surface area contributed by atoms with Gasteiger partial charge in [0.25, 0.3) is 0 Å². The molecule has 4 nitrogen and oxygen atoms in total. The molecular formula is C12H19NO3S. The molecule has 3 unspecified atom stereocenters. The predicted molar refractivity (Wildman–Crippen MR) is 67.1 cm³/mol. The van der Waals surface area contributed by atoms with Gasteiger partial charge in [-0.1, -0.05) is 6.07 Å². The average molecular weight is 257 g/mol. The van der Waals surface area contributed by atoms with Crippen LogP contribution in [0.5, 0.6) is 0 Å². The Morgan fingerprint density at radius 2 is 2.29 bits per heavy atom.